The first-order valence-electron chi connectivity index (χ1n) is 7.17. The van der Waals surface area contributed by atoms with Gasteiger partial charge in [0.05, 0.1) is 0 Å². The lowest BCUT2D eigenvalue weighted by molar-refractivity contribution is -0.152. The quantitative estimate of drug-likeness (QED) is 0.670. The van der Waals surface area contributed by atoms with Crippen LogP contribution in [-0.4, -0.2) is 38.4 Å². The minimum Gasteiger partial charge on any atom is -0.374 e. The molecule has 0 saturated carbocycles. The van der Waals surface area contributed by atoms with Gasteiger partial charge in [0.15, 0.2) is 5.54 Å². The van der Waals surface area contributed by atoms with Crippen LogP contribution in [-0.2, 0) is 10.3 Å². The molecule has 0 spiro atoms. The first-order chi connectivity index (χ1) is 11.0. The number of hydroxylamine groups is 2. The molecular formula is C17H16N2O4. The highest BCUT2D eigenvalue weighted by Crippen LogP contribution is 2.43. The normalized spacial score (nSPS) is 18.4. The molecule has 1 saturated heterocycles. The fraction of sp³-hybridized carbons (Fsp3) is 0.176. The van der Waals surface area contributed by atoms with E-state index in [9.17, 15) is 19.9 Å². The number of benzene rings is 2. The Morgan fingerprint density at radius 3 is 1.74 bits per heavy atom. The molecule has 118 valence electrons. The van der Waals surface area contributed by atoms with Crippen LogP contribution in [0.15, 0.2) is 60.7 Å². The smallest absolute Gasteiger partial charge is 0.354 e. The number of hydrogen-bond acceptors (Lipinski definition) is 4. The number of hydrogen-bond donors (Lipinski definition) is 2. The molecule has 2 N–H and O–H groups in total. The second-order valence-corrected chi connectivity index (χ2v) is 5.34. The standard InChI is InChI=1S/C17H16N2O4/c1-12(20)18-16(22)19(23)15(21)17(18,13-8-4-2-5-9-13)14-10-6-3-7-11-14/h2-12,20,23H,1H3. The molecule has 6 nitrogen and oxygen atoms in total. The average Bonchev–Trinajstić information content (AvgIpc) is 2.78. The van der Waals surface area contributed by atoms with E-state index >= 15 is 0 Å². The molecule has 6 heteroatoms. The topological polar surface area (TPSA) is 81.1 Å². The fourth-order valence-corrected chi connectivity index (χ4v) is 3.08. The summed E-state index contributed by atoms with van der Waals surface area (Å²) in [7, 11) is 0. The zero-order valence-electron chi connectivity index (χ0n) is 12.5. The predicted octanol–water partition coefficient (Wildman–Crippen LogP) is 1.92. The molecule has 1 unspecified atom stereocenters. The van der Waals surface area contributed by atoms with Crippen molar-refractivity contribution in [2.45, 2.75) is 18.7 Å². The number of nitrogens with zero attached hydrogens (tertiary/aromatic N) is 2. The van der Waals surface area contributed by atoms with Crippen LogP contribution in [0.5, 0.6) is 0 Å². The van der Waals surface area contributed by atoms with Crippen LogP contribution in [0, 0.1) is 0 Å². The minimum atomic E-state index is -1.61. The number of rotatable bonds is 3. The van der Waals surface area contributed by atoms with E-state index in [0.29, 0.717) is 11.1 Å². The van der Waals surface area contributed by atoms with Crippen molar-refractivity contribution in [2.75, 3.05) is 0 Å². The van der Waals surface area contributed by atoms with E-state index < -0.39 is 23.7 Å². The highest BCUT2D eigenvalue weighted by atomic mass is 16.5. The molecule has 1 aliphatic heterocycles. The van der Waals surface area contributed by atoms with Gasteiger partial charge in [-0.05, 0) is 18.1 Å². The first kappa shape index (κ1) is 15.2. The molecule has 1 atom stereocenters. The number of amides is 3. The van der Waals surface area contributed by atoms with Crippen molar-refractivity contribution in [3.05, 3.63) is 71.8 Å². The van der Waals surface area contributed by atoms with Gasteiger partial charge in [0.1, 0.15) is 6.23 Å². The second kappa shape index (κ2) is 5.49. The van der Waals surface area contributed by atoms with E-state index in [2.05, 4.69) is 0 Å². The summed E-state index contributed by atoms with van der Waals surface area (Å²) < 4.78 is 0. The van der Waals surface area contributed by atoms with Gasteiger partial charge >= 0.3 is 6.03 Å². The maximum atomic E-state index is 12.9. The van der Waals surface area contributed by atoms with Crippen molar-refractivity contribution in [3.63, 3.8) is 0 Å². The maximum absolute atomic E-state index is 12.9. The molecule has 2 aromatic carbocycles. The summed E-state index contributed by atoms with van der Waals surface area (Å²) in [5.74, 6) is -0.819. The van der Waals surface area contributed by atoms with E-state index in [4.69, 9.17) is 0 Å². The molecule has 3 rings (SSSR count). The van der Waals surface area contributed by atoms with Crippen LogP contribution in [0.3, 0.4) is 0 Å². The molecule has 0 bridgehead atoms. The van der Waals surface area contributed by atoms with E-state index in [0.717, 1.165) is 4.90 Å². The van der Waals surface area contributed by atoms with Crippen molar-refractivity contribution < 1.29 is 19.9 Å². The monoisotopic (exact) mass is 312 g/mol. The van der Waals surface area contributed by atoms with Crippen molar-refractivity contribution in [1.82, 2.24) is 9.96 Å². The molecule has 0 aliphatic carbocycles. The van der Waals surface area contributed by atoms with Gasteiger partial charge in [0.2, 0.25) is 0 Å². The molecule has 1 aliphatic rings. The molecule has 2 aromatic rings. The Kier molecular flexibility index (Phi) is 3.63. The molecular weight excluding hydrogens is 296 g/mol. The third-order valence-corrected chi connectivity index (χ3v) is 4.01. The van der Waals surface area contributed by atoms with Gasteiger partial charge < -0.3 is 5.11 Å². The largest absolute Gasteiger partial charge is 0.374 e. The average molecular weight is 312 g/mol. The summed E-state index contributed by atoms with van der Waals surface area (Å²) in [6.45, 7) is 1.38. The summed E-state index contributed by atoms with van der Waals surface area (Å²) in [5.41, 5.74) is -0.633. The molecule has 0 radical (unpaired) electrons. The number of urea groups is 1. The molecule has 1 fully saturated rings. The lowest BCUT2D eigenvalue weighted by Gasteiger charge is -2.37. The van der Waals surface area contributed by atoms with Crippen molar-refractivity contribution in [1.29, 1.82) is 0 Å². The number of aliphatic hydroxyl groups is 1. The molecule has 23 heavy (non-hydrogen) atoms. The summed E-state index contributed by atoms with van der Waals surface area (Å²) in [5, 5.41) is 20.1. The second-order valence-electron chi connectivity index (χ2n) is 5.34. The Bertz CT molecular complexity index is 691. The van der Waals surface area contributed by atoms with Crippen LogP contribution in [0.2, 0.25) is 0 Å². The van der Waals surface area contributed by atoms with E-state index in [-0.39, 0.29) is 5.06 Å². The first-order valence-corrected chi connectivity index (χ1v) is 7.17. The van der Waals surface area contributed by atoms with E-state index in [1.165, 1.54) is 6.92 Å². The van der Waals surface area contributed by atoms with Gasteiger partial charge in [-0.3, -0.25) is 14.9 Å². The van der Waals surface area contributed by atoms with Gasteiger partial charge in [-0.25, -0.2) is 4.79 Å². The highest BCUT2D eigenvalue weighted by molar-refractivity contribution is 6.08. The number of carbonyl (C=O) groups excluding carboxylic acids is 2. The van der Waals surface area contributed by atoms with E-state index in [1.807, 2.05) is 0 Å². The van der Waals surface area contributed by atoms with Crippen molar-refractivity contribution >= 4 is 11.9 Å². The predicted molar refractivity (Wildman–Crippen MR) is 81.2 cm³/mol. The SMILES string of the molecule is CC(O)N1C(=O)N(O)C(=O)C1(c1ccccc1)c1ccccc1. The number of carbonyl (C=O) groups is 2. The number of aliphatic hydroxyl groups excluding tert-OH is 1. The minimum absolute atomic E-state index is 0.0622. The van der Waals surface area contributed by atoms with Crippen molar-refractivity contribution in [2.24, 2.45) is 0 Å². The Balaban J connectivity index is 2.36. The van der Waals surface area contributed by atoms with Gasteiger partial charge in [-0.15, -0.1) is 5.06 Å². The van der Waals surface area contributed by atoms with Crippen LogP contribution < -0.4 is 0 Å². The number of imide groups is 1. The third kappa shape index (κ3) is 2.03. The van der Waals surface area contributed by atoms with Crippen LogP contribution in [0.4, 0.5) is 4.79 Å². The lowest BCUT2D eigenvalue weighted by Crippen LogP contribution is -2.51. The zero-order chi connectivity index (χ0) is 16.6. The Morgan fingerprint density at radius 1 is 0.913 bits per heavy atom. The van der Waals surface area contributed by atoms with Gasteiger partial charge in [-0.2, -0.15) is 0 Å². The maximum Gasteiger partial charge on any atom is 0.354 e. The van der Waals surface area contributed by atoms with Gasteiger partial charge in [0, 0.05) is 0 Å². The van der Waals surface area contributed by atoms with Crippen LogP contribution >= 0.6 is 0 Å². The van der Waals surface area contributed by atoms with Gasteiger partial charge in [0.25, 0.3) is 5.91 Å². The molecule has 1 heterocycles. The Morgan fingerprint density at radius 2 is 1.35 bits per heavy atom. The lowest BCUT2D eigenvalue weighted by atomic mass is 9.81. The van der Waals surface area contributed by atoms with Crippen molar-refractivity contribution in [3.8, 4) is 0 Å². The molecule has 0 aromatic heterocycles. The summed E-state index contributed by atoms with van der Waals surface area (Å²) in [6, 6.07) is 16.3. The molecule has 3 amide bonds. The highest BCUT2D eigenvalue weighted by Gasteiger charge is 2.61. The third-order valence-electron chi connectivity index (χ3n) is 4.01. The summed E-state index contributed by atoms with van der Waals surface area (Å²) in [6.07, 6.45) is -1.27. The Labute approximate surface area is 133 Å². The van der Waals surface area contributed by atoms with Gasteiger partial charge in [-0.1, -0.05) is 60.7 Å². The summed E-state index contributed by atoms with van der Waals surface area (Å²) >= 11 is 0. The zero-order valence-corrected chi connectivity index (χ0v) is 12.5. The Hall–Kier alpha value is -2.70. The summed E-state index contributed by atoms with van der Waals surface area (Å²) in [4.78, 5) is 26.2. The van der Waals surface area contributed by atoms with E-state index in [1.54, 1.807) is 60.7 Å². The van der Waals surface area contributed by atoms with Crippen LogP contribution in [0.25, 0.3) is 0 Å². The fourth-order valence-electron chi connectivity index (χ4n) is 3.08. The van der Waals surface area contributed by atoms with Crippen LogP contribution in [0.1, 0.15) is 18.1 Å².